The van der Waals surface area contributed by atoms with E-state index in [-0.39, 0.29) is 29.3 Å². The minimum absolute atomic E-state index is 0. The van der Waals surface area contributed by atoms with Gasteiger partial charge in [-0.1, -0.05) is 0 Å². The van der Waals surface area contributed by atoms with Gasteiger partial charge < -0.3 is 46.8 Å². The van der Waals surface area contributed by atoms with Crippen molar-refractivity contribution >= 4 is 32.6 Å². The molecule has 0 spiro atoms. The number of hydrogen-bond donors (Lipinski definition) is 4. The molecule has 0 saturated carbocycles. The van der Waals surface area contributed by atoms with Crippen LogP contribution < -0.4 is 21.5 Å². The first-order chi connectivity index (χ1) is 14.4. The Hall–Kier alpha value is -2.23. The molecule has 0 radical (unpaired) electrons. The summed E-state index contributed by atoms with van der Waals surface area (Å²) < 4.78 is 12.9. The number of nitrogens with one attached hydrogen (secondary N) is 1. The molecule has 4 aromatic rings. The molecule has 1 aliphatic rings. The van der Waals surface area contributed by atoms with Crippen molar-refractivity contribution in [2.45, 2.75) is 38.4 Å². The molecule has 3 heterocycles. The van der Waals surface area contributed by atoms with Gasteiger partial charge in [0.05, 0.1) is 12.1 Å². The molecule has 0 bridgehead atoms. The lowest BCUT2D eigenvalue weighted by Crippen LogP contribution is -3.00. The number of hydrogen-bond acceptors (Lipinski definition) is 5. The zero-order valence-electron chi connectivity index (χ0n) is 17.5. The number of fused-ring (bicyclic) bond motifs is 4. The zero-order chi connectivity index (χ0) is 21.2. The first-order valence-corrected chi connectivity index (χ1v) is 9.99. The number of ether oxygens (including phenoxy) is 2. The van der Waals surface area contributed by atoms with Gasteiger partial charge >= 0.3 is 0 Å². The van der Waals surface area contributed by atoms with E-state index >= 15 is 0 Å². The molecule has 0 aliphatic carbocycles. The van der Waals surface area contributed by atoms with E-state index in [4.69, 9.17) is 9.47 Å². The average molecular weight is 489 g/mol. The van der Waals surface area contributed by atoms with Crippen molar-refractivity contribution in [1.82, 2.24) is 4.98 Å². The number of aliphatic hydroxyl groups is 2. The zero-order valence-corrected chi connectivity index (χ0v) is 19.0. The summed E-state index contributed by atoms with van der Waals surface area (Å²) in [6, 6.07) is 7.36. The van der Waals surface area contributed by atoms with E-state index in [0.29, 0.717) is 0 Å². The quantitative estimate of drug-likeness (QED) is 0.281. The maximum Gasteiger partial charge on any atom is 0.291 e. The Morgan fingerprint density at radius 1 is 1.10 bits per heavy atom. The highest BCUT2D eigenvalue weighted by atomic mass is 79.9. The SMILES string of the molecule is CO[C@@H]1[C@@H](O)[C@H]([n+]2ccc3c(C)c4[nH]c5ccc(O)cc5c4c(C)c3c2)OC[C@@H]1O.[Br-]. The summed E-state index contributed by atoms with van der Waals surface area (Å²) in [6.07, 6.45) is 0.602. The number of aliphatic hydroxyl groups excluding tert-OH is 2. The Morgan fingerprint density at radius 3 is 2.61 bits per heavy atom. The predicted molar refractivity (Wildman–Crippen MR) is 112 cm³/mol. The molecule has 5 rings (SSSR count). The van der Waals surface area contributed by atoms with Crippen molar-refractivity contribution in [3.63, 3.8) is 0 Å². The number of phenolic OH excluding ortho intramolecular Hbond substituents is 1. The highest BCUT2D eigenvalue weighted by Gasteiger charge is 2.44. The van der Waals surface area contributed by atoms with Gasteiger partial charge in [-0.25, -0.2) is 0 Å². The molecule has 8 heteroatoms. The van der Waals surface area contributed by atoms with E-state index in [1.807, 2.05) is 29.1 Å². The van der Waals surface area contributed by atoms with Gasteiger partial charge in [-0.15, -0.1) is 0 Å². The highest BCUT2D eigenvalue weighted by molar-refractivity contribution is 6.16. The van der Waals surface area contributed by atoms with Gasteiger partial charge in [0.2, 0.25) is 0 Å². The number of pyridine rings is 1. The van der Waals surface area contributed by atoms with Crippen molar-refractivity contribution in [3.05, 3.63) is 47.8 Å². The predicted octanol–water partition coefficient (Wildman–Crippen LogP) is -0.646. The molecule has 1 aliphatic heterocycles. The highest BCUT2D eigenvalue weighted by Crippen LogP contribution is 2.37. The third-order valence-corrected chi connectivity index (χ3v) is 6.33. The van der Waals surface area contributed by atoms with E-state index in [9.17, 15) is 15.3 Å². The maximum atomic E-state index is 10.7. The molecular formula is C23H25BrN2O5. The smallest absolute Gasteiger partial charge is 0.291 e. The van der Waals surface area contributed by atoms with Crippen molar-refractivity contribution in [3.8, 4) is 5.75 Å². The number of benzene rings is 2. The lowest BCUT2D eigenvalue weighted by molar-refractivity contribution is -0.774. The van der Waals surface area contributed by atoms with Crippen molar-refractivity contribution in [2.75, 3.05) is 13.7 Å². The molecule has 1 saturated heterocycles. The number of nitrogens with zero attached hydrogens (tertiary/aromatic N) is 1. The van der Waals surface area contributed by atoms with E-state index in [2.05, 4.69) is 18.8 Å². The molecule has 31 heavy (non-hydrogen) atoms. The molecular weight excluding hydrogens is 464 g/mol. The molecule has 164 valence electrons. The number of aryl methyl sites for hydroxylation is 2. The number of halogens is 1. The fourth-order valence-electron chi connectivity index (χ4n) is 4.76. The first kappa shape index (κ1) is 22.0. The molecule has 0 unspecified atom stereocenters. The van der Waals surface area contributed by atoms with Crippen LogP contribution in [-0.4, -0.2) is 52.3 Å². The van der Waals surface area contributed by atoms with Crippen LogP contribution in [0.4, 0.5) is 0 Å². The monoisotopic (exact) mass is 488 g/mol. The standard InChI is InChI=1S/C23H24N2O5.BrH/c1-11-16-9-25(23-21(28)22(29-3)18(27)10-30-23)7-6-14(16)12(2)20-19(11)15-8-13(26)4-5-17(15)24-20;/h4-9,18,21-23,26-28H,10H2,1-3H3;1H/t18-,21+,22-,23+;/m0./s1. The number of aromatic amines is 1. The van der Waals surface area contributed by atoms with Gasteiger partial charge in [-0.2, -0.15) is 4.57 Å². The molecule has 4 N–H and O–H groups in total. The van der Waals surface area contributed by atoms with Crippen LogP contribution in [0, 0.1) is 13.8 Å². The van der Waals surface area contributed by atoms with Crippen LogP contribution in [0.1, 0.15) is 17.4 Å². The van der Waals surface area contributed by atoms with Crippen molar-refractivity contribution in [2.24, 2.45) is 0 Å². The molecule has 1 fully saturated rings. The fourth-order valence-corrected chi connectivity index (χ4v) is 4.76. The van der Waals surface area contributed by atoms with E-state index < -0.39 is 24.5 Å². The second kappa shape index (κ2) is 8.03. The van der Waals surface area contributed by atoms with Gasteiger partial charge in [0.25, 0.3) is 6.23 Å². The maximum absolute atomic E-state index is 10.7. The normalized spacial score (nSPS) is 24.0. The van der Waals surface area contributed by atoms with Crippen LogP contribution in [0.2, 0.25) is 0 Å². The Kier molecular flexibility index (Phi) is 5.70. The minimum atomic E-state index is -1.00. The molecule has 2 aromatic heterocycles. The number of phenols is 1. The van der Waals surface area contributed by atoms with Crippen LogP contribution in [0.5, 0.6) is 5.75 Å². The average Bonchev–Trinajstić information content (AvgIpc) is 3.11. The second-order valence-corrected chi connectivity index (χ2v) is 8.06. The minimum Gasteiger partial charge on any atom is -1.00 e. The lowest BCUT2D eigenvalue weighted by atomic mass is 9.96. The van der Waals surface area contributed by atoms with Gasteiger partial charge in [0.1, 0.15) is 18.0 Å². The second-order valence-electron chi connectivity index (χ2n) is 8.06. The summed E-state index contributed by atoms with van der Waals surface area (Å²) in [5, 5.41) is 34.9. The Morgan fingerprint density at radius 2 is 1.87 bits per heavy atom. The third-order valence-electron chi connectivity index (χ3n) is 6.33. The Balaban J connectivity index is 0.00000231. The molecule has 2 aromatic carbocycles. The summed E-state index contributed by atoms with van der Waals surface area (Å²) in [5.41, 5.74) is 4.21. The number of rotatable bonds is 2. The van der Waals surface area contributed by atoms with Crippen molar-refractivity contribution < 1.29 is 46.3 Å². The Bertz CT molecular complexity index is 1290. The summed E-state index contributed by atoms with van der Waals surface area (Å²) in [7, 11) is 1.47. The topological polar surface area (TPSA) is 98.8 Å². The molecule has 7 nitrogen and oxygen atoms in total. The number of H-pyrrole nitrogens is 1. The number of methoxy groups -OCH3 is 1. The summed E-state index contributed by atoms with van der Waals surface area (Å²) in [5.74, 6) is 0.228. The molecule has 0 amide bonds. The van der Waals surface area contributed by atoms with Crippen LogP contribution in [0.25, 0.3) is 32.6 Å². The van der Waals surface area contributed by atoms with E-state index in [0.717, 1.165) is 43.7 Å². The lowest BCUT2D eigenvalue weighted by Gasteiger charge is -2.33. The van der Waals surface area contributed by atoms with Gasteiger partial charge in [-0.05, 0) is 48.6 Å². The van der Waals surface area contributed by atoms with Crippen LogP contribution >= 0.6 is 0 Å². The first-order valence-electron chi connectivity index (χ1n) is 9.99. The summed E-state index contributed by atoms with van der Waals surface area (Å²) in [4.78, 5) is 3.48. The fraction of sp³-hybridized carbons (Fsp3) is 0.348. The van der Waals surface area contributed by atoms with Crippen molar-refractivity contribution in [1.29, 1.82) is 0 Å². The number of aromatic nitrogens is 2. The summed E-state index contributed by atoms with van der Waals surface area (Å²) >= 11 is 0. The van der Waals surface area contributed by atoms with Gasteiger partial charge in [0, 0.05) is 34.9 Å². The van der Waals surface area contributed by atoms with E-state index in [1.54, 1.807) is 12.1 Å². The summed E-state index contributed by atoms with van der Waals surface area (Å²) in [6.45, 7) is 4.22. The largest absolute Gasteiger partial charge is 1.00 e. The van der Waals surface area contributed by atoms with E-state index in [1.165, 1.54) is 7.11 Å². The Labute approximate surface area is 189 Å². The van der Waals surface area contributed by atoms with Crippen LogP contribution in [0.3, 0.4) is 0 Å². The molecule has 4 atom stereocenters. The van der Waals surface area contributed by atoms with Gasteiger partial charge in [-0.3, -0.25) is 0 Å². The number of aromatic hydroxyl groups is 1. The third kappa shape index (κ3) is 3.30. The van der Waals surface area contributed by atoms with Crippen LogP contribution in [-0.2, 0) is 9.47 Å². The van der Waals surface area contributed by atoms with Crippen LogP contribution in [0.15, 0.2) is 36.7 Å². The van der Waals surface area contributed by atoms with Gasteiger partial charge in [0.15, 0.2) is 18.5 Å².